The van der Waals surface area contributed by atoms with Crippen molar-refractivity contribution in [1.29, 1.82) is 0 Å². The summed E-state index contributed by atoms with van der Waals surface area (Å²) in [5, 5.41) is 5.02. The van der Waals surface area contributed by atoms with Gasteiger partial charge in [-0.15, -0.1) is 11.3 Å². The molecule has 3 nitrogen and oxygen atoms in total. The van der Waals surface area contributed by atoms with Gasteiger partial charge in [0.25, 0.3) is 0 Å². The van der Waals surface area contributed by atoms with Crippen molar-refractivity contribution >= 4 is 17.2 Å². The summed E-state index contributed by atoms with van der Waals surface area (Å²) in [6, 6.07) is 7.96. The number of furan rings is 1. The number of nitrogens with one attached hydrogen (secondary N) is 1. The highest BCUT2D eigenvalue weighted by Gasteiger charge is 2.09. The van der Waals surface area contributed by atoms with E-state index in [0.29, 0.717) is 6.42 Å². The van der Waals surface area contributed by atoms with Crippen molar-refractivity contribution in [3.63, 3.8) is 0 Å². The molecule has 2 aromatic heterocycles. The van der Waals surface area contributed by atoms with E-state index in [-0.39, 0.29) is 11.9 Å². The molecule has 96 valence electrons. The number of thiophene rings is 1. The van der Waals surface area contributed by atoms with Gasteiger partial charge >= 0.3 is 0 Å². The predicted molar refractivity (Wildman–Crippen MR) is 72.7 cm³/mol. The van der Waals surface area contributed by atoms with Crippen molar-refractivity contribution in [2.75, 3.05) is 0 Å². The number of rotatable bonds is 6. The molecule has 0 aromatic carbocycles. The average molecular weight is 263 g/mol. The molecule has 2 rings (SSSR count). The first-order chi connectivity index (χ1) is 8.74. The van der Waals surface area contributed by atoms with Crippen LogP contribution in [0.25, 0.3) is 0 Å². The molecule has 1 atom stereocenters. The third-order valence-electron chi connectivity index (χ3n) is 2.67. The zero-order chi connectivity index (χ0) is 12.8. The average Bonchev–Trinajstić information content (AvgIpc) is 2.98. The maximum absolute atomic E-state index is 11.7. The summed E-state index contributed by atoms with van der Waals surface area (Å²) in [6.45, 7) is 1.99. The monoisotopic (exact) mass is 263 g/mol. The minimum Gasteiger partial charge on any atom is -0.469 e. The van der Waals surface area contributed by atoms with Crippen molar-refractivity contribution in [2.45, 2.75) is 32.2 Å². The lowest BCUT2D eigenvalue weighted by molar-refractivity contribution is -0.121. The molecule has 1 N–H and O–H groups in total. The zero-order valence-electron chi connectivity index (χ0n) is 10.4. The summed E-state index contributed by atoms with van der Waals surface area (Å²) in [5.74, 6) is 1.00. The number of carbonyl (C=O) groups excluding carboxylic acids is 1. The van der Waals surface area contributed by atoms with Crippen LogP contribution in [-0.4, -0.2) is 11.9 Å². The quantitative estimate of drug-likeness (QED) is 0.870. The van der Waals surface area contributed by atoms with Gasteiger partial charge in [0, 0.05) is 23.8 Å². The first-order valence-electron chi connectivity index (χ1n) is 6.08. The van der Waals surface area contributed by atoms with Gasteiger partial charge in [0.15, 0.2) is 0 Å². The number of carbonyl (C=O) groups is 1. The van der Waals surface area contributed by atoms with Gasteiger partial charge in [-0.25, -0.2) is 0 Å². The standard InChI is InChI=1S/C14H17NO2S/c1-11(10-12-4-2-8-17-12)15-14(16)7-6-13-5-3-9-18-13/h2-5,8-9,11H,6-7,10H2,1H3,(H,15,16)/t11-/m1/s1. The maximum atomic E-state index is 11.7. The zero-order valence-corrected chi connectivity index (χ0v) is 11.2. The lowest BCUT2D eigenvalue weighted by Gasteiger charge is -2.12. The van der Waals surface area contributed by atoms with E-state index < -0.39 is 0 Å². The largest absolute Gasteiger partial charge is 0.469 e. The van der Waals surface area contributed by atoms with Gasteiger partial charge in [-0.05, 0) is 36.9 Å². The van der Waals surface area contributed by atoms with Gasteiger partial charge in [0.1, 0.15) is 5.76 Å². The van der Waals surface area contributed by atoms with Crippen molar-refractivity contribution < 1.29 is 9.21 Å². The lowest BCUT2D eigenvalue weighted by Crippen LogP contribution is -2.34. The molecule has 0 fully saturated rings. The molecule has 1 amide bonds. The Kier molecular flexibility index (Phi) is 4.59. The van der Waals surface area contributed by atoms with Crippen LogP contribution in [0.2, 0.25) is 0 Å². The van der Waals surface area contributed by atoms with E-state index >= 15 is 0 Å². The molecule has 0 saturated heterocycles. The van der Waals surface area contributed by atoms with E-state index in [4.69, 9.17) is 4.42 Å². The molecule has 0 unspecified atom stereocenters. The second-order valence-corrected chi connectivity index (χ2v) is 5.36. The fraction of sp³-hybridized carbons (Fsp3) is 0.357. The van der Waals surface area contributed by atoms with Gasteiger partial charge < -0.3 is 9.73 Å². The second-order valence-electron chi connectivity index (χ2n) is 4.33. The van der Waals surface area contributed by atoms with Crippen LogP contribution in [0.4, 0.5) is 0 Å². The molecule has 18 heavy (non-hydrogen) atoms. The number of aryl methyl sites for hydroxylation is 1. The van der Waals surface area contributed by atoms with Crippen molar-refractivity contribution in [2.24, 2.45) is 0 Å². The van der Waals surface area contributed by atoms with Crippen LogP contribution >= 0.6 is 11.3 Å². The van der Waals surface area contributed by atoms with Crippen LogP contribution in [0.3, 0.4) is 0 Å². The van der Waals surface area contributed by atoms with Crippen LogP contribution in [0.15, 0.2) is 40.3 Å². The summed E-state index contributed by atoms with van der Waals surface area (Å²) in [7, 11) is 0. The lowest BCUT2D eigenvalue weighted by atomic mass is 10.2. The van der Waals surface area contributed by atoms with E-state index in [1.54, 1.807) is 17.6 Å². The summed E-state index contributed by atoms with van der Waals surface area (Å²) in [6.07, 6.45) is 3.75. The number of hydrogen-bond acceptors (Lipinski definition) is 3. The topological polar surface area (TPSA) is 42.2 Å². The summed E-state index contributed by atoms with van der Waals surface area (Å²) >= 11 is 1.69. The minimum atomic E-state index is 0.0995. The van der Waals surface area contributed by atoms with E-state index in [0.717, 1.165) is 18.6 Å². The molecule has 2 aromatic rings. The first kappa shape index (κ1) is 12.9. The van der Waals surface area contributed by atoms with E-state index in [9.17, 15) is 4.79 Å². The molecule has 0 radical (unpaired) electrons. The van der Waals surface area contributed by atoms with Crippen LogP contribution in [0, 0.1) is 0 Å². The van der Waals surface area contributed by atoms with Crippen LogP contribution < -0.4 is 5.32 Å². The Balaban J connectivity index is 1.70. The Morgan fingerprint density at radius 2 is 2.33 bits per heavy atom. The molecular formula is C14H17NO2S. The Hall–Kier alpha value is -1.55. The highest BCUT2D eigenvalue weighted by Crippen LogP contribution is 2.11. The Morgan fingerprint density at radius 3 is 3.00 bits per heavy atom. The SMILES string of the molecule is C[C@H](Cc1ccco1)NC(=O)CCc1cccs1. The first-order valence-corrected chi connectivity index (χ1v) is 6.96. The molecule has 0 spiro atoms. The fourth-order valence-electron chi connectivity index (χ4n) is 1.82. The molecule has 0 aliphatic carbocycles. The minimum absolute atomic E-state index is 0.0995. The van der Waals surface area contributed by atoms with Crippen LogP contribution in [-0.2, 0) is 17.6 Å². The summed E-state index contributed by atoms with van der Waals surface area (Å²) in [4.78, 5) is 13.0. The van der Waals surface area contributed by atoms with E-state index in [2.05, 4.69) is 11.4 Å². The summed E-state index contributed by atoms with van der Waals surface area (Å²) in [5.41, 5.74) is 0. The van der Waals surface area contributed by atoms with Gasteiger partial charge in [0.05, 0.1) is 6.26 Å². The van der Waals surface area contributed by atoms with Crippen molar-refractivity contribution in [3.05, 3.63) is 46.5 Å². The van der Waals surface area contributed by atoms with Gasteiger partial charge in [0.2, 0.25) is 5.91 Å². The molecule has 0 aliphatic rings. The number of hydrogen-bond donors (Lipinski definition) is 1. The molecule has 0 bridgehead atoms. The van der Waals surface area contributed by atoms with E-state index in [1.807, 2.05) is 30.5 Å². The Morgan fingerprint density at radius 1 is 1.44 bits per heavy atom. The van der Waals surface area contributed by atoms with Gasteiger partial charge in [-0.3, -0.25) is 4.79 Å². The van der Waals surface area contributed by atoms with Gasteiger partial charge in [-0.2, -0.15) is 0 Å². The highest BCUT2D eigenvalue weighted by atomic mass is 32.1. The molecular weight excluding hydrogens is 246 g/mol. The van der Waals surface area contributed by atoms with Crippen LogP contribution in [0.1, 0.15) is 24.0 Å². The third-order valence-corrected chi connectivity index (χ3v) is 3.61. The molecule has 2 heterocycles. The Labute approximate surface area is 111 Å². The smallest absolute Gasteiger partial charge is 0.220 e. The molecule has 0 saturated carbocycles. The third kappa shape index (κ3) is 4.04. The molecule has 4 heteroatoms. The van der Waals surface area contributed by atoms with Crippen molar-refractivity contribution in [3.8, 4) is 0 Å². The fourth-order valence-corrected chi connectivity index (χ4v) is 2.53. The predicted octanol–water partition coefficient (Wildman–Crippen LogP) is 3.02. The molecule has 0 aliphatic heterocycles. The van der Waals surface area contributed by atoms with Crippen molar-refractivity contribution in [1.82, 2.24) is 5.32 Å². The normalized spacial score (nSPS) is 12.3. The highest BCUT2D eigenvalue weighted by molar-refractivity contribution is 7.09. The second kappa shape index (κ2) is 6.40. The number of amides is 1. The Bertz CT molecular complexity index is 462. The van der Waals surface area contributed by atoms with Gasteiger partial charge in [-0.1, -0.05) is 6.07 Å². The van der Waals surface area contributed by atoms with E-state index in [1.165, 1.54) is 4.88 Å². The maximum Gasteiger partial charge on any atom is 0.220 e. The van der Waals surface area contributed by atoms with Crippen LogP contribution in [0.5, 0.6) is 0 Å². The summed E-state index contributed by atoms with van der Waals surface area (Å²) < 4.78 is 5.25.